The number of anilines is 1. The normalized spacial score (nSPS) is 23.3. The van der Waals surface area contributed by atoms with E-state index in [-0.39, 0.29) is 5.91 Å². The van der Waals surface area contributed by atoms with E-state index in [0.717, 1.165) is 24.4 Å². The number of morpholine rings is 1. The quantitative estimate of drug-likeness (QED) is 0.865. The summed E-state index contributed by atoms with van der Waals surface area (Å²) >= 11 is 0. The molecule has 1 aromatic rings. The highest BCUT2D eigenvalue weighted by Gasteiger charge is 2.31. The maximum absolute atomic E-state index is 11.9. The van der Waals surface area contributed by atoms with Crippen molar-refractivity contribution < 1.29 is 9.53 Å². The molecular formula is C14H15N3O2. The number of hydrogen-bond donors (Lipinski definition) is 1. The molecule has 5 heteroatoms. The van der Waals surface area contributed by atoms with Crippen LogP contribution in [-0.4, -0.2) is 30.1 Å². The Morgan fingerprint density at radius 3 is 3.11 bits per heavy atom. The summed E-state index contributed by atoms with van der Waals surface area (Å²) in [6.07, 6.45) is 4.02. The molecule has 2 aliphatic heterocycles. The van der Waals surface area contributed by atoms with Gasteiger partial charge in [-0.15, -0.1) is 0 Å². The van der Waals surface area contributed by atoms with Crippen LogP contribution in [0.15, 0.2) is 48.4 Å². The Bertz CT molecular complexity index is 539. The van der Waals surface area contributed by atoms with E-state index < -0.39 is 6.10 Å². The van der Waals surface area contributed by atoms with Gasteiger partial charge in [0.25, 0.3) is 5.91 Å². The monoisotopic (exact) mass is 257 g/mol. The molecule has 0 spiro atoms. The fraction of sp³-hybridized carbons (Fsp3) is 0.286. The molecule has 1 saturated heterocycles. The molecule has 0 aromatic carbocycles. The van der Waals surface area contributed by atoms with Crippen LogP contribution in [0.2, 0.25) is 0 Å². The Balaban J connectivity index is 1.76. The molecule has 1 fully saturated rings. The van der Waals surface area contributed by atoms with Gasteiger partial charge in [0.2, 0.25) is 0 Å². The molecule has 1 atom stereocenters. The van der Waals surface area contributed by atoms with E-state index in [9.17, 15) is 4.79 Å². The number of nitrogens with one attached hydrogen (secondary N) is 1. The molecule has 1 unspecified atom stereocenters. The highest BCUT2D eigenvalue weighted by atomic mass is 16.5. The van der Waals surface area contributed by atoms with Crippen molar-refractivity contribution in [2.24, 2.45) is 0 Å². The first kappa shape index (κ1) is 11.9. The highest BCUT2D eigenvalue weighted by Crippen LogP contribution is 2.25. The van der Waals surface area contributed by atoms with Crippen molar-refractivity contribution in [3.05, 3.63) is 48.4 Å². The number of amides is 1. The summed E-state index contributed by atoms with van der Waals surface area (Å²) in [5.74, 6) is 0.753. The van der Waals surface area contributed by atoms with Crippen LogP contribution in [0.25, 0.3) is 0 Å². The van der Waals surface area contributed by atoms with Gasteiger partial charge in [0.1, 0.15) is 5.82 Å². The van der Waals surface area contributed by atoms with E-state index >= 15 is 0 Å². The Kier molecular flexibility index (Phi) is 3.05. The predicted octanol–water partition coefficient (Wildman–Crippen LogP) is 1.20. The Labute approximate surface area is 111 Å². The average Bonchev–Trinajstić information content (AvgIpc) is 2.89. The summed E-state index contributed by atoms with van der Waals surface area (Å²) in [5.41, 5.74) is 1.59. The highest BCUT2D eigenvalue weighted by molar-refractivity contribution is 5.86. The van der Waals surface area contributed by atoms with E-state index in [4.69, 9.17) is 4.74 Å². The van der Waals surface area contributed by atoms with Crippen LogP contribution in [0.3, 0.4) is 0 Å². The molecular weight excluding hydrogens is 242 g/mol. The van der Waals surface area contributed by atoms with Crippen molar-refractivity contribution in [2.45, 2.75) is 12.5 Å². The molecule has 98 valence electrons. The second-order valence-electron chi connectivity index (χ2n) is 4.62. The maximum Gasteiger partial charge on any atom is 0.257 e. The zero-order chi connectivity index (χ0) is 13.2. The van der Waals surface area contributed by atoms with Gasteiger partial charge < -0.3 is 15.0 Å². The number of ether oxygens (including phenoxy) is 1. The van der Waals surface area contributed by atoms with Gasteiger partial charge in [-0.3, -0.25) is 4.79 Å². The lowest BCUT2D eigenvalue weighted by molar-refractivity contribution is -0.132. The lowest BCUT2D eigenvalue weighted by atomic mass is 10.1. The summed E-state index contributed by atoms with van der Waals surface area (Å²) in [5, 5.41) is 2.73. The minimum absolute atomic E-state index is 0.134. The second kappa shape index (κ2) is 4.85. The summed E-state index contributed by atoms with van der Waals surface area (Å²) in [6, 6.07) is 5.78. The molecule has 1 aromatic heterocycles. The van der Waals surface area contributed by atoms with Gasteiger partial charge in [-0.05, 0) is 24.1 Å². The fourth-order valence-corrected chi connectivity index (χ4v) is 2.29. The molecule has 3 rings (SSSR count). The van der Waals surface area contributed by atoms with E-state index in [2.05, 4.69) is 16.9 Å². The summed E-state index contributed by atoms with van der Waals surface area (Å²) in [6.45, 7) is 4.88. The molecule has 0 aliphatic carbocycles. The molecule has 1 N–H and O–H groups in total. The Hall–Kier alpha value is -2.14. The van der Waals surface area contributed by atoms with E-state index in [0.29, 0.717) is 12.3 Å². The van der Waals surface area contributed by atoms with Crippen molar-refractivity contribution in [2.75, 3.05) is 18.1 Å². The number of pyridine rings is 1. The third kappa shape index (κ3) is 2.37. The van der Waals surface area contributed by atoms with Crippen LogP contribution in [0.1, 0.15) is 6.42 Å². The molecule has 19 heavy (non-hydrogen) atoms. The first-order chi connectivity index (χ1) is 9.24. The second-order valence-corrected chi connectivity index (χ2v) is 4.62. The van der Waals surface area contributed by atoms with E-state index in [1.165, 1.54) is 0 Å². The number of hydrogen-bond acceptors (Lipinski definition) is 4. The largest absolute Gasteiger partial charge is 0.358 e. The molecule has 0 radical (unpaired) electrons. The summed E-state index contributed by atoms with van der Waals surface area (Å²) < 4.78 is 5.54. The van der Waals surface area contributed by atoms with Gasteiger partial charge in [0.05, 0.1) is 6.61 Å². The topological polar surface area (TPSA) is 54.5 Å². The fourth-order valence-electron chi connectivity index (χ4n) is 2.29. The molecule has 0 saturated carbocycles. The Morgan fingerprint density at radius 2 is 2.37 bits per heavy atom. The third-order valence-corrected chi connectivity index (χ3v) is 3.21. The van der Waals surface area contributed by atoms with Gasteiger partial charge in [-0.25, -0.2) is 4.98 Å². The van der Waals surface area contributed by atoms with Crippen LogP contribution in [0.4, 0.5) is 5.82 Å². The van der Waals surface area contributed by atoms with Crippen LogP contribution in [-0.2, 0) is 9.53 Å². The first-order valence-electron chi connectivity index (χ1n) is 6.22. The minimum atomic E-state index is -0.501. The van der Waals surface area contributed by atoms with Crippen LogP contribution in [0.5, 0.6) is 0 Å². The van der Waals surface area contributed by atoms with Crippen LogP contribution < -0.4 is 10.2 Å². The number of rotatable bonds is 2. The van der Waals surface area contributed by atoms with Crippen molar-refractivity contribution in [3.63, 3.8) is 0 Å². The van der Waals surface area contributed by atoms with Crippen molar-refractivity contribution in [3.8, 4) is 0 Å². The Morgan fingerprint density at radius 1 is 1.47 bits per heavy atom. The van der Waals surface area contributed by atoms with Crippen molar-refractivity contribution >= 4 is 11.7 Å². The van der Waals surface area contributed by atoms with Crippen LogP contribution >= 0.6 is 0 Å². The van der Waals surface area contributed by atoms with Gasteiger partial charge in [0, 0.05) is 24.6 Å². The molecule has 3 heterocycles. The standard InChI is InChI=1S/C14H15N3O2/c1-10-9-19-13(14(18)16-10)11-5-7-17(8-11)12-4-2-3-6-15-12/h2-4,6,8,13H,1,5,7,9H2,(H,16,18). The summed E-state index contributed by atoms with van der Waals surface area (Å²) in [4.78, 5) is 18.2. The van der Waals surface area contributed by atoms with Gasteiger partial charge in [0.15, 0.2) is 6.10 Å². The predicted molar refractivity (Wildman–Crippen MR) is 71.3 cm³/mol. The smallest absolute Gasteiger partial charge is 0.257 e. The average molecular weight is 257 g/mol. The van der Waals surface area contributed by atoms with Crippen LogP contribution in [0, 0.1) is 0 Å². The molecule has 0 bridgehead atoms. The van der Waals surface area contributed by atoms with Gasteiger partial charge in [-0.2, -0.15) is 0 Å². The van der Waals surface area contributed by atoms with Gasteiger partial charge >= 0.3 is 0 Å². The van der Waals surface area contributed by atoms with E-state index in [1.807, 2.05) is 29.3 Å². The lowest BCUT2D eigenvalue weighted by Crippen LogP contribution is -2.43. The van der Waals surface area contributed by atoms with Gasteiger partial charge in [-0.1, -0.05) is 12.6 Å². The van der Waals surface area contributed by atoms with Crippen molar-refractivity contribution in [1.82, 2.24) is 10.3 Å². The van der Waals surface area contributed by atoms with E-state index in [1.54, 1.807) is 6.20 Å². The SMILES string of the molecule is C=C1COC(C2=CN(c3ccccn3)CC2)C(=O)N1. The number of aromatic nitrogens is 1. The number of nitrogens with zero attached hydrogens (tertiary/aromatic N) is 2. The zero-order valence-corrected chi connectivity index (χ0v) is 10.5. The molecule has 1 amide bonds. The number of carbonyl (C=O) groups excluding carboxylic acids is 1. The first-order valence-corrected chi connectivity index (χ1v) is 6.22. The zero-order valence-electron chi connectivity index (χ0n) is 10.5. The molecule has 5 nitrogen and oxygen atoms in total. The summed E-state index contributed by atoms with van der Waals surface area (Å²) in [7, 11) is 0. The number of carbonyl (C=O) groups is 1. The molecule has 2 aliphatic rings. The minimum Gasteiger partial charge on any atom is -0.358 e. The lowest BCUT2D eigenvalue weighted by Gasteiger charge is -2.24. The van der Waals surface area contributed by atoms with Crippen molar-refractivity contribution in [1.29, 1.82) is 0 Å². The third-order valence-electron chi connectivity index (χ3n) is 3.21. The maximum atomic E-state index is 11.9.